The number of aryl methyl sites for hydroxylation is 1. The van der Waals surface area contributed by atoms with Crippen LogP contribution in [0, 0.1) is 12.3 Å². The molecule has 188 valence electrons. The number of rotatable bonds is 11. The van der Waals surface area contributed by atoms with E-state index in [1.54, 1.807) is 12.4 Å². The van der Waals surface area contributed by atoms with Crippen molar-refractivity contribution in [2.45, 2.75) is 114 Å². The quantitative estimate of drug-likeness (QED) is 0.371. The largest absolute Gasteiger partial charge is 0.395 e. The molecule has 1 aromatic rings. The number of aromatic nitrogens is 2. The highest BCUT2D eigenvalue weighted by molar-refractivity contribution is 5.51. The smallest absolute Gasteiger partial charge is 0.0841 e. The lowest BCUT2D eigenvalue weighted by Gasteiger charge is -2.19. The van der Waals surface area contributed by atoms with Crippen LogP contribution in [0.1, 0.15) is 106 Å². The fourth-order valence-electron chi connectivity index (χ4n) is 2.40. The highest BCUT2D eigenvalue weighted by atomic mass is 16.5. The van der Waals surface area contributed by atoms with Crippen molar-refractivity contribution < 1.29 is 9.84 Å². The van der Waals surface area contributed by atoms with Crippen molar-refractivity contribution in [3.05, 3.63) is 29.4 Å². The maximum Gasteiger partial charge on any atom is 0.0841 e. The lowest BCUT2D eigenvalue weighted by molar-refractivity contribution is 0.0132. The van der Waals surface area contributed by atoms with Gasteiger partial charge in [0.05, 0.1) is 30.2 Å². The Morgan fingerprint density at radius 2 is 1.66 bits per heavy atom. The number of hydrogen-bond donors (Lipinski definition) is 2. The second kappa shape index (κ2) is 20.3. The van der Waals surface area contributed by atoms with Crippen molar-refractivity contribution in [2.24, 2.45) is 5.41 Å². The molecule has 0 aromatic carbocycles. The predicted molar refractivity (Wildman–Crippen MR) is 140 cm³/mol. The summed E-state index contributed by atoms with van der Waals surface area (Å²) in [5, 5.41) is 11.7. The molecular weight excluding hydrogens is 398 g/mol. The van der Waals surface area contributed by atoms with Crippen molar-refractivity contribution >= 4 is 6.08 Å². The van der Waals surface area contributed by atoms with Gasteiger partial charge in [-0.1, -0.05) is 53.0 Å². The summed E-state index contributed by atoms with van der Waals surface area (Å²) in [6.45, 7) is 23.3. The molecule has 0 radical (unpaired) electrons. The lowest BCUT2D eigenvalue weighted by Crippen LogP contribution is -2.20. The molecule has 5 nitrogen and oxygen atoms in total. The molecule has 1 aromatic heterocycles. The molecule has 0 aliphatic carbocycles. The number of hydrogen-bond acceptors (Lipinski definition) is 5. The number of aliphatic hydroxyl groups excluding tert-OH is 1. The molecule has 0 saturated heterocycles. The monoisotopic (exact) mass is 451 g/mol. The van der Waals surface area contributed by atoms with Gasteiger partial charge in [0.2, 0.25) is 0 Å². The van der Waals surface area contributed by atoms with E-state index in [1.165, 1.54) is 24.8 Å². The minimum Gasteiger partial charge on any atom is -0.395 e. The van der Waals surface area contributed by atoms with Crippen LogP contribution in [0.15, 0.2) is 18.0 Å². The third-order valence-corrected chi connectivity index (χ3v) is 4.96. The highest BCUT2D eigenvalue weighted by Crippen LogP contribution is 2.26. The van der Waals surface area contributed by atoms with E-state index in [0.29, 0.717) is 18.8 Å². The Labute approximate surface area is 199 Å². The zero-order valence-corrected chi connectivity index (χ0v) is 22.8. The Morgan fingerprint density at radius 1 is 1.06 bits per heavy atom. The summed E-state index contributed by atoms with van der Waals surface area (Å²) in [5.41, 5.74) is 3.47. The van der Waals surface area contributed by atoms with Crippen LogP contribution in [0.5, 0.6) is 0 Å². The minimum atomic E-state index is 0.198. The number of unbranched alkanes of at least 4 members (excludes halogenated alkanes) is 2. The fourth-order valence-corrected chi connectivity index (χ4v) is 2.40. The van der Waals surface area contributed by atoms with Gasteiger partial charge in [-0.2, -0.15) is 0 Å². The van der Waals surface area contributed by atoms with E-state index in [-0.39, 0.29) is 12.0 Å². The Morgan fingerprint density at radius 3 is 2.12 bits per heavy atom. The third kappa shape index (κ3) is 20.6. The van der Waals surface area contributed by atoms with Crippen molar-refractivity contribution in [1.82, 2.24) is 15.3 Å². The SMILES string of the molecule is C/C(=C\c1nccnc1C)C(C)(C)C.CC(C)OC(C)CCCCNCCO.CCCC. The van der Waals surface area contributed by atoms with Crippen molar-refractivity contribution in [2.75, 3.05) is 19.7 Å². The van der Waals surface area contributed by atoms with Crippen LogP contribution in [0.3, 0.4) is 0 Å². The van der Waals surface area contributed by atoms with E-state index >= 15 is 0 Å². The van der Waals surface area contributed by atoms with Crippen LogP contribution in [0.2, 0.25) is 0 Å². The zero-order chi connectivity index (χ0) is 25.0. The molecule has 0 aliphatic rings. The van der Waals surface area contributed by atoms with Gasteiger partial charge in [-0.25, -0.2) is 0 Å². The fraction of sp³-hybridized carbons (Fsp3) is 0.778. The molecule has 1 atom stereocenters. The van der Waals surface area contributed by atoms with Gasteiger partial charge in [-0.05, 0) is 71.9 Å². The first-order valence-corrected chi connectivity index (χ1v) is 12.4. The first-order valence-electron chi connectivity index (χ1n) is 12.4. The maximum absolute atomic E-state index is 8.53. The molecule has 2 N–H and O–H groups in total. The van der Waals surface area contributed by atoms with Crippen LogP contribution in [-0.2, 0) is 4.74 Å². The van der Waals surface area contributed by atoms with E-state index in [2.05, 4.69) is 83.7 Å². The van der Waals surface area contributed by atoms with Crippen LogP contribution < -0.4 is 5.32 Å². The molecule has 0 spiro atoms. The van der Waals surface area contributed by atoms with Gasteiger partial charge in [-0.3, -0.25) is 9.97 Å². The number of ether oxygens (including phenoxy) is 1. The Bertz CT molecular complexity index is 579. The molecule has 5 heteroatoms. The summed E-state index contributed by atoms with van der Waals surface area (Å²) in [6.07, 6.45) is 12.4. The first kappa shape index (κ1) is 32.9. The molecule has 0 fully saturated rings. The Balaban J connectivity index is 0. The molecule has 0 saturated carbocycles. The van der Waals surface area contributed by atoms with Crippen LogP contribution in [-0.4, -0.2) is 47.0 Å². The second-order valence-corrected chi connectivity index (χ2v) is 9.57. The first-order chi connectivity index (χ1) is 15.0. The second-order valence-electron chi connectivity index (χ2n) is 9.57. The Hall–Kier alpha value is -1.30. The zero-order valence-electron chi connectivity index (χ0n) is 22.8. The van der Waals surface area contributed by atoms with Gasteiger partial charge < -0.3 is 15.2 Å². The lowest BCUT2D eigenvalue weighted by atomic mass is 9.87. The van der Waals surface area contributed by atoms with Gasteiger partial charge in [0, 0.05) is 18.9 Å². The van der Waals surface area contributed by atoms with Gasteiger partial charge in [0.15, 0.2) is 0 Å². The number of aliphatic hydroxyl groups is 1. The Kier molecular flexibility index (Phi) is 20.9. The predicted octanol–water partition coefficient (Wildman–Crippen LogP) is 6.59. The standard InChI is InChI=1S/C12H18N2.C11H25NO2.C4H10/c1-9(12(3,4)5)8-11-10(2)13-6-7-14-11;1-10(2)14-11(3)6-4-5-7-12-8-9-13;1-3-4-2/h6-8H,1-5H3;10-13H,4-9H2,1-3H3;3-4H2,1-2H3/b9-8+;;. The summed E-state index contributed by atoms with van der Waals surface area (Å²) >= 11 is 0. The van der Waals surface area contributed by atoms with E-state index in [0.717, 1.165) is 30.8 Å². The summed E-state index contributed by atoms with van der Waals surface area (Å²) in [5.74, 6) is 0. The summed E-state index contributed by atoms with van der Waals surface area (Å²) in [4.78, 5) is 8.50. The molecule has 0 amide bonds. The van der Waals surface area contributed by atoms with Gasteiger partial charge in [0.1, 0.15) is 0 Å². The summed E-state index contributed by atoms with van der Waals surface area (Å²) in [7, 11) is 0. The summed E-state index contributed by atoms with van der Waals surface area (Å²) < 4.78 is 5.62. The summed E-state index contributed by atoms with van der Waals surface area (Å²) in [6, 6.07) is 0. The topological polar surface area (TPSA) is 67.3 Å². The number of nitrogens with one attached hydrogen (secondary N) is 1. The van der Waals surface area contributed by atoms with Gasteiger partial charge in [-0.15, -0.1) is 0 Å². The van der Waals surface area contributed by atoms with Crippen molar-refractivity contribution in [1.29, 1.82) is 0 Å². The van der Waals surface area contributed by atoms with Crippen molar-refractivity contribution in [3.63, 3.8) is 0 Å². The molecule has 0 aliphatic heterocycles. The van der Waals surface area contributed by atoms with E-state index in [1.807, 2.05) is 6.92 Å². The third-order valence-electron chi connectivity index (χ3n) is 4.96. The number of allylic oxidation sites excluding steroid dienone is 1. The number of nitrogens with zero attached hydrogens (tertiary/aromatic N) is 2. The molecule has 32 heavy (non-hydrogen) atoms. The van der Waals surface area contributed by atoms with Crippen LogP contribution >= 0.6 is 0 Å². The highest BCUT2D eigenvalue weighted by Gasteiger charge is 2.12. The molecule has 0 bridgehead atoms. The van der Waals surface area contributed by atoms with Crippen molar-refractivity contribution in [3.8, 4) is 0 Å². The van der Waals surface area contributed by atoms with Gasteiger partial charge in [0.25, 0.3) is 0 Å². The average molecular weight is 452 g/mol. The molecule has 1 heterocycles. The van der Waals surface area contributed by atoms with E-state index in [4.69, 9.17) is 9.84 Å². The molecule has 1 unspecified atom stereocenters. The van der Waals surface area contributed by atoms with Gasteiger partial charge >= 0.3 is 0 Å². The van der Waals surface area contributed by atoms with E-state index < -0.39 is 0 Å². The average Bonchev–Trinajstić information content (AvgIpc) is 2.71. The molecule has 1 rings (SSSR count). The van der Waals surface area contributed by atoms with E-state index in [9.17, 15) is 0 Å². The molecular formula is C27H53N3O2. The van der Waals surface area contributed by atoms with Crippen LogP contribution in [0.4, 0.5) is 0 Å². The maximum atomic E-state index is 8.53. The normalized spacial score (nSPS) is 12.6. The minimum absolute atomic E-state index is 0.198. The van der Waals surface area contributed by atoms with Crippen LogP contribution in [0.25, 0.3) is 6.08 Å².